The molecule has 0 bridgehead atoms. The van der Waals surface area contributed by atoms with Crippen LogP contribution in [0, 0.1) is 16.7 Å². The number of hydrogen-bond acceptors (Lipinski definition) is 3. The summed E-state index contributed by atoms with van der Waals surface area (Å²) in [6.07, 6.45) is 0. The highest BCUT2D eigenvalue weighted by Gasteiger charge is 2.24. The van der Waals surface area contributed by atoms with E-state index < -0.39 is 8.07 Å². The van der Waals surface area contributed by atoms with Crippen molar-refractivity contribution in [1.29, 1.82) is 0 Å². The molecule has 2 aromatic rings. The first-order valence-electron chi connectivity index (χ1n) is 8.68. The quantitative estimate of drug-likeness (QED) is 0.386. The van der Waals surface area contributed by atoms with Gasteiger partial charge < -0.3 is 10.9 Å². The van der Waals surface area contributed by atoms with Crippen molar-refractivity contribution < 1.29 is 4.74 Å². The summed E-state index contributed by atoms with van der Waals surface area (Å²) >= 11 is 0. The van der Waals surface area contributed by atoms with Crippen LogP contribution < -0.4 is 5.73 Å². The fourth-order valence-electron chi connectivity index (χ4n) is 2.75. The molecule has 0 aliphatic carbocycles. The van der Waals surface area contributed by atoms with Crippen LogP contribution in [0.25, 0.3) is 0 Å². The van der Waals surface area contributed by atoms with Crippen molar-refractivity contribution in [3.63, 3.8) is 0 Å². The number of aliphatic imine (C=N–C) groups is 1. The molecule has 0 radical (unpaired) electrons. The van der Waals surface area contributed by atoms with E-state index in [0.717, 1.165) is 27.1 Å². The predicted molar refractivity (Wildman–Crippen MR) is 111 cm³/mol. The van der Waals surface area contributed by atoms with Gasteiger partial charge in [0.2, 0.25) is 5.71 Å². The van der Waals surface area contributed by atoms with E-state index >= 15 is 0 Å². The lowest BCUT2D eigenvalue weighted by Crippen LogP contribution is -2.26. The van der Waals surface area contributed by atoms with Crippen LogP contribution in [-0.2, 0) is 0 Å². The normalized spacial score (nSPS) is 14.1. The number of nitrogens with two attached hydrogens (primary N) is 1. The highest BCUT2D eigenvalue weighted by Crippen LogP contribution is 2.26. The van der Waals surface area contributed by atoms with Gasteiger partial charge in [-0.25, -0.2) is 4.99 Å². The molecule has 0 aromatic heterocycles. The van der Waals surface area contributed by atoms with E-state index in [9.17, 15) is 5.21 Å². The van der Waals surface area contributed by atoms with Crippen LogP contribution in [0.4, 0.5) is 5.69 Å². The van der Waals surface area contributed by atoms with Crippen LogP contribution in [0.1, 0.15) is 16.7 Å². The molecule has 0 amide bonds. The van der Waals surface area contributed by atoms with Crippen molar-refractivity contribution in [1.82, 2.24) is 0 Å². The topological polar surface area (TPSA) is 64.5 Å². The summed E-state index contributed by atoms with van der Waals surface area (Å²) in [5.74, 6) is 3.27. The molecular weight excluding hydrogens is 338 g/mol. The highest BCUT2D eigenvalue weighted by atomic mass is 28.3. The van der Waals surface area contributed by atoms with Gasteiger partial charge in [-0.2, -0.15) is 4.74 Å². The number of hydrogen-bond donors (Lipinski definition) is 1. The molecule has 1 aliphatic rings. The Kier molecular flexibility index (Phi) is 5.07. The second-order valence-corrected chi connectivity index (χ2v) is 12.1. The number of nitrogens with zero attached hydrogens (tertiary/aromatic N) is 2. The maximum atomic E-state index is 12.9. The Morgan fingerprint density at radius 1 is 1.15 bits per heavy atom. The lowest BCUT2D eigenvalue weighted by molar-refractivity contribution is -0.439. The third-order valence-electron chi connectivity index (χ3n) is 3.97. The first kappa shape index (κ1) is 18.1. The molecule has 0 fully saturated rings. The molecule has 0 saturated carbocycles. The Balaban J connectivity index is 2.21. The Hall–Kier alpha value is -2.68. The maximum absolute atomic E-state index is 12.9. The van der Waals surface area contributed by atoms with Crippen LogP contribution in [0.15, 0.2) is 53.5 Å². The molecule has 1 heterocycles. The minimum Gasteiger partial charge on any atom is -0.623 e. The average Bonchev–Trinajstić information content (AvgIpc) is 2.75. The van der Waals surface area contributed by atoms with E-state index in [4.69, 9.17) is 5.73 Å². The summed E-state index contributed by atoms with van der Waals surface area (Å²) in [6.45, 7) is 7.06. The van der Waals surface area contributed by atoms with Crippen LogP contribution >= 0.6 is 0 Å². The molecule has 2 N–H and O–H groups in total. The lowest BCUT2D eigenvalue weighted by atomic mass is 9.98. The molecular formula is C21H23N3OSi. The lowest BCUT2D eigenvalue weighted by Gasteiger charge is -2.11. The largest absolute Gasteiger partial charge is 0.623 e. The van der Waals surface area contributed by atoms with Gasteiger partial charge in [-0.1, -0.05) is 43.8 Å². The number of hydroxylamine groups is 1. The molecule has 2 aromatic carbocycles. The van der Waals surface area contributed by atoms with Gasteiger partial charge in [-0.3, -0.25) is 0 Å². The first-order chi connectivity index (χ1) is 12.4. The second-order valence-electron chi connectivity index (χ2n) is 7.37. The Morgan fingerprint density at radius 2 is 1.88 bits per heavy atom. The van der Waals surface area contributed by atoms with Gasteiger partial charge in [0.05, 0.1) is 17.0 Å². The third-order valence-corrected chi connectivity index (χ3v) is 4.85. The molecule has 1 aliphatic heterocycles. The third kappa shape index (κ3) is 4.10. The summed E-state index contributed by atoms with van der Waals surface area (Å²) in [5, 5.41) is 12.9. The fraction of sp³-hybridized carbons (Fsp3) is 0.238. The molecule has 3 rings (SSSR count). The highest BCUT2D eigenvalue weighted by molar-refractivity contribution is 6.83. The maximum Gasteiger partial charge on any atom is 0.228 e. The van der Waals surface area contributed by atoms with E-state index in [-0.39, 0.29) is 13.1 Å². The molecule has 26 heavy (non-hydrogen) atoms. The minimum atomic E-state index is -1.48. The van der Waals surface area contributed by atoms with Crippen molar-refractivity contribution in [2.24, 2.45) is 10.7 Å². The standard InChI is InChI=1S/C21H23N3OSi/c1-26(2,3)12-11-16-9-10-20-19(13-16)21(17-7-5-4-6-8-17)24(25)15-18(14-22)23-20/h4-10,13H,14-15,22H2,1-3H3. The van der Waals surface area contributed by atoms with E-state index in [0.29, 0.717) is 11.4 Å². The Morgan fingerprint density at radius 3 is 2.54 bits per heavy atom. The second kappa shape index (κ2) is 7.28. The molecule has 0 saturated heterocycles. The van der Waals surface area contributed by atoms with Gasteiger partial charge in [0.1, 0.15) is 8.07 Å². The first-order valence-corrected chi connectivity index (χ1v) is 12.2. The summed E-state index contributed by atoms with van der Waals surface area (Å²) in [6, 6.07) is 15.6. The fourth-order valence-corrected chi connectivity index (χ4v) is 3.27. The van der Waals surface area contributed by atoms with Crippen LogP contribution in [-0.4, -0.2) is 37.3 Å². The summed E-state index contributed by atoms with van der Waals surface area (Å²) in [4.78, 5) is 4.62. The van der Waals surface area contributed by atoms with Gasteiger partial charge >= 0.3 is 0 Å². The van der Waals surface area contributed by atoms with Crippen molar-refractivity contribution in [3.8, 4) is 11.5 Å². The van der Waals surface area contributed by atoms with Gasteiger partial charge in [-0.15, -0.1) is 5.54 Å². The smallest absolute Gasteiger partial charge is 0.228 e. The Labute approximate surface area is 155 Å². The summed E-state index contributed by atoms with van der Waals surface area (Å²) in [5.41, 5.74) is 13.8. The van der Waals surface area contributed by atoms with Crippen molar-refractivity contribution in [2.45, 2.75) is 19.6 Å². The summed E-state index contributed by atoms with van der Waals surface area (Å²) < 4.78 is 0.989. The number of benzene rings is 2. The Bertz CT molecular complexity index is 945. The molecule has 0 spiro atoms. The molecule has 5 heteroatoms. The van der Waals surface area contributed by atoms with E-state index in [2.05, 4.69) is 36.1 Å². The molecule has 132 valence electrons. The van der Waals surface area contributed by atoms with Crippen LogP contribution in [0.3, 0.4) is 0 Å². The zero-order valence-electron chi connectivity index (χ0n) is 15.4. The zero-order chi connectivity index (χ0) is 18.7. The average molecular weight is 362 g/mol. The van der Waals surface area contributed by atoms with E-state index in [1.165, 1.54) is 0 Å². The van der Waals surface area contributed by atoms with Crippen LogP contribution in [0.2, 0.25) is 19.6 Å². The minimum absolute atomic E-state index is 0.172. The monoisotopic (exact) mass is 361 g/mol. The van der Waals surface area contributed by atoms with Crippen LogP contribution in [0.5, 0.6) is 0 Å². The summed E-state index contributed by atoms with van der Waals surface area (Å²) in [7, 11) is -1.48. The van der Waals surface area contributed by atoms with Gasteiger partial charge in [0.25, 0.3) is 0 Å². The van der Waals surface area contributed by atoms with E-state index in [1.807, 2.05) is 48.5 Å². The SMILES string of the molecule is C[Si](C)(C)C#Cc1ccc2c(c1)C(c1ccccc1)=[N+]([O-])CC(CN)=N2. The van der Waals surface area contributed by atoms with Gasteiger partial charge in [0.15, 0.2) is 6.54 Å². The molecule has 0 unspecified atom stereocenters. The van der Waals surface area contributed by atoms with Crippen molar-refractivity contribution >= 4 is 25.2 Å². The molecule has 0 atom stereocenters. The van der Waals surface area contributed by atoms with Crippen molar-refractivity contribution in [3.05, 3.63) is 70.4 Å². The number of rotatable bonds is 2. The van der Waals surface area contributed by atoms with Crippen molar-refractivity contribution in [2.75, 3.05) is 13.1 Å². The van der Waals surface area contributed by atoms with Gasteiger partial charge in [0, 0.05) is 17.7 Å². The predicted octanol–water partition coefficient (Wildman–Crippen LogP) is 3.31. The zero-order valence-corrected chi connectivity index (χ0v) is 16.4. The number of fused-ring (bicyclic) bond motifs is 1. The molecule has 4 nitrogen and oxygen atoms in total. The van der Waals surface area contributed by atoms with E-state index in [1.54, 1.807) is 0 Å². The van der Waals surface area contributed by atoms with Gasteiger partial charge in [-0.05, 0) is 30.3 Å².